The predicted molar refractivity (Wildman–Crippen MR) is 43.9 cm³/mol. The molecule has 0 radical (unpaired) electrons. The Bertz CT molecular complexity index is 160. The van der Waals surface area contributed by atoms with Crippen molar-refractivity contribution in [3.8, 4) is 0 Å². The van der Waals surface area contributed by atoms with Crippen LogP contribution in [0.15, 0.2) is 0 Å². The quantitative estimate of drug-likeness (QED) is 0.554. The molecular formula is C7H14BF3KN. The van der Waals surface area contributed by atoms with Crippen LogP contribution in [0.1, 0.15) is 19.8 Å². The SMILES string of the molecule is CC(C1CC1)N(C)C[B-](F)(F)F.[K+]. The molecule has 0 aromatic carbocycles. The molecule has 1 atom stereocenters. The molecule has 0 bridgehead atoms. The first-order chi connectivity index (χ1) is 5.40. The van der Waals surface area contributed by atoms with Crippen molar-refractivity contribution in [2.45, 2.75) is 25.8 Å². The Labute approximate surface area is 120 Å². The van der Waals surface area contributed by atoms with Crippen molar-refractivity contribution < 1.29 is 64.3 Å². The van der Waals surface area contributed by atoms with E-state index in [-0.39, 0.29) is 57.4 Å². The van der Waals surface area contributed by atoms with Crippen LogP contribution in [-0.2, 0) is 0 Å². The molecule has 1 aliphatic rings. The van der Waals surface area contributed by atoms with Crippen molar-refractivity contribution in [2.75, 3.05) is 13.5 Å². The van der Waals surface area contributed by atoms with E-state index in [1.165, 1.54) is 4.90 Å². The summed E-state index contributed by atoms with van der Waals surface area (Å²) in [7, 11) is 1.55. The summed E-state index contributed by atoms with van der Waals surface area (Å²) in [6, 6.07) is 0.0912. The van der Waals surface area contributed by atoms with Gasteiger partial charge in [-0.1, -0.05) is 0 Å². The molecule has 72 valence electrons. The van der Waals surface area contributed by atoms with Gasteiger partial charge in [0, 0.05) is 6.04 Å². The second-order valence-corrected chi connectivity index (χ2v) is 3.73. The molecule has 1 aliphatic carbocycles. The predicted octanol–water partition coefficient (Wildman–Crippen LogP) is -0.893. The fourth-order valence-corrected chi connectivity index (χ4v) is 1.43. The summed E-state index contributed by atoms with van der Waals surface area (Å²) in [6.45, 7) is -2.78. The van der Waals surface area contributed by atoms with Gasteiger partial charge in [-0.15, -0.1) is 0 Å². The van der Waals surface area contributed by atoms with E-state index in [0.717, 1.165) is 12.8 Å². The number of nitrogens with zero attached hydrogens (tertiary/aromatic N) is 1. The number of halogens is 3. The molecular weight excluding hydrogens is 205 g/mol. The molecule has 1 fully saturated rings. The van der Waals surface area contributed by atoms with Crippen LogP contribution >= 0.6 is 0 Å². The Balaban J connectivity index is 0.00000144. The maximum atomic E-state index is 12.0. The third-order valence-electron chi connectivity index (χ3n) is 2.49. The molecule has 1 rings (SSSR count). The van der Waals surface area contributed by atoms with Crippen LogP contribution in [0.3, 0.4) is 0 Å². The van der Waals surface area contributed by atoms with Crippen LogP contribution in [0.4, 0.5) is 12.9 Å². The first kappa shape index (κ1) is 14.5. The van der Waals surface area contributed by atoms with E-state index in [1.54, 1.807) is 7.05 Å². The van der Waals surface area contributed by atoms with Gasteiger partial charge in [0.15, 0.2) is 0 Å². The molecule has 0 aromatic heterocycles. The van der Waals surface area contributed by atoms with Gasteiger partial charge < -0.3 is 17.8 Å². The average molecular weight is 219 g/mol. The van der Waals surface area contributed by atoms with Gasteiger partial charge in [-0.05, 0) is 39.2 Å². The molecule has 1 unspecified atom stereocenters. The first-order valence-corrected chi connectivity index (χ1v) is 4.31. The summed E-state index contributed by atoms with van der Waals surface area (Å²) in [4.78, 5) is 1.41. The maximum absolute atomic E-state index is 12.0. The van der Waals surface area contributed by atoms with E-state index in [1.807, 2.05) is 6.92 Å². The normalized spacial score (nSPS) is 19.8. The third-order valence-corrected chi connectivity index (χ3v) is 2.49. The van der Waals surface area contributed by atoms with Crippen molar-refractivity contribution in [3.05, 3.63) is 0 Å². The summed E-state index contributed by atoms with van der Waals surface area (Å²) in [5.74, 6) is 0.508. The van der Waals surface area contributed by atoms with Gasteiger partial charge in [0.1, 0.15) is 0 Å². The Hall–Kier alpha value is 1.45. The van der Waals surface area contributed by atoms with Crippen LogP contribution in [0.25, 0.3) is 0 Å². The van der Waals surface area contributed by atoms with E-state index in [2.05, 4.69) is 0 Å². The van der Waals surface area contributed by atoms with Crippen molar-refractivity contribution in [3.63, 3.8) is 0 Å². The first-order valence-electron chi connectivity index (χ1n) is 4.31. The van der Waals surface area contributed by atoms with Crippen LogP contribution in [-0.4, -0.2) is 31.4 Å². The Morgan fingerprint density at radius 2 is 1.85 bits per heavy atom. The van der Waals surface area contributed by atoms with E-state index in [9.17, 15) is 12.9 Å². The van der Waals surface area contributed by atoms with E-state index >= 15 is 0 Å². The molecule has 0 heterocycles. The minimum Gasteiger partial charge on any atom is -0.448 e. The summed E-state index contributed by atoms with van der Waals surface area (Å²) in [5.41, 5.74) is 0. The van der Waals surface area contributed by atoms with Gasteiger partial charge >= 0.3 is 58.4 Å². The van der Waals surface area contributed by atoms with Gasteiger partial charge in [0.05, 0.1) is 0 Å². The molecule has 0 aliphatic heterocycles. The summed E-state index contributed by atoms with van der Waals surface area (Å²) in [6.07, 6.45) is 1.46. The van der Waals surface area contributed by atoms with Crippen LogP contribution in [0.5, 0.6) is 0 Å². The van der Waals surface area contributed by atoms with Crippen molar-refractivity contribution in [2.24, 2.45) is 5.92 Å². The van der Waals surface area contributed by atoms with E-state index in [0.29, 0.717) is 5.92 Å². The Morgan fingerprint density at radius 1 is 1.38 bits per heavy atom. The Morgan fingerprint density at radius 3 is 2.15 bits per heavy atom. The van der Waals surface area contributed by atoms with Gasteiger partial charge in [-0.2, -0.15) is 0 Å². The van der Waals surface area contributed by atoms with Crippen LogP contribution < -0.4 is 51.4 Å². The zero-order valence-corrected chi connectivity index (χ0v) is 11.6. The Kier molecular flexibility index (Phi) is 6.13. The fraction of sp³-hybridized carbons (Fsp3) is 1.00. The number of rotatable bonds is 4. The summed E-state index contributed by atoms with van der Waals surface area (Å²) in [5, 5.41) is 0. The minimum atomic E-state index is -4.65. The third kappa shape index (κ3) is 5.79. The molecule has 6 heteroatoms. The topological polar surface area (TPSA) is 3.24 Å². The van der Waals surface area contributed by atoms with Crippen molar-refractivity contribution in [1.82, 2.24) is 4.90 Å². The fourth-order valence-electron chi connectivity index (χ4n) is 1.43. The molecule has 0 N–H and O–H groups in total. The zero-order chi connectivity index (χ0) is 9.35. The molecule has 0 spiro atoms. The monoisotopic (exact) mass is 219 g/mol. The van der Waals surface area contributed by atoms with Gasteiger partial charge in [0.2, 0.25) is 0 Å². The summed E-state index contributed by atoms with van der Waals surface area (Å²) < 4.78 is 35.9. The van der Waals surface area contributed by atoms with Gasteiger partial charge in [-0.3, -0.25) is 0 Å². The standard InChI is InChI=1S/C7H14BF3N.K/c1-6(7-3-4-7)12(2)5-8(9,10)11;/h6-7H,3-5H2,1-2H3;/q-1;+1. The zero-order valence-electron chi connectivity index (χ0n) is 8.43. The summed E-state index contributed by atoms with van der Waals surface area (Å²) >= 11 is 0. The van der Waals surface area contributed by atoms with Crippen LogP contribution in [0.2, 0.25) is 0 Å². The van der Waals surface area contributed by atoms with Crippen LogP contribution in [0, 0.1) is 5.92 Å². The molecule has 13 heavy (non-hydrogen) atoms. The molecule has 1 saturated carbocycles. The average Bonchev–Trinajstić information content (AvgIpc) is 2.62. The largest absolute Gasteiger partial charge is 1.00 e. The van der Waals surface area contributed by atoms with Crippen molar-refractivity contribution >= 4 is 6.98 Å². The minimum absolute atomic E-state index is 0. The number of hydrogen-bond acceptors (Lipinski definition) is 1. The smallest absolute Gasteiger partial charge is 0.448 e. The second kappa shape index (κ2) is 5.51. The molecule has 0 amide bonds. The van der Waals surface area contributed by atoms with Crippen molar-refractivity contribution in [1.29, 1.82) is 0 Å². The van der Waals surface area contributed by atoms with E-state index in [4.69, 9.17) is 0 Å². The maximum Gasteiger partial charge on any atom is 1.00 e. The second-order valence-electron chi connectivity index (χ2n) is 3.73. The van der Waals surface area contributed by atoms with Gasteiger partial charge in [0.25, 0.3) is 0 Å². The molecule has 0 aromatic rings. The molecule has 1 nitrogen and oxygen atoms in total. The molecule has 0 saturated heterocycles. The van der Waals surface area contributed by atoms with E-state index < -0.39 is 13.4 Å². The van der Waals surface area contributed by atoms with Gasteiger partial charge in [-0.25, -0.2) is 0 Å². The number of hydrogen-bond donors (Lipinski definition) is 0.